The van der Waals surface area contributed by atoms with E-state index in [1.54, 1.807) is 24.3 Å². The van der Waals surface area contributed by atoms with Gasteiger partial charge in [0.25, 0.3) is 5.91 Å². The highest BCUT2D eigenvalue weighted by atomic mass is 16.5. The molecule has 0 saturated heterocycles. The van der Waals surface area contributed by atoms with Gasteiger partial charge in [-0.3, -0.25) is 4.79 Å². The Morgan fingerprint density at radius 1 is 1.30 bits per heavy atom. The van der Waals surface area contributed by atoms with E-state index in [2.05, 4.69) is 15.4 Å². The number of methoxy groups -OCH3 is 1. The maximum Gasteiger partial charge on any atom is 0.407 e. The van der Waals surface area contributed by atoms with Gasteiger partial charge in [0, 0.05) is 12.1 Å². The summed E-state index contributed by atoms with van der Waals surface area (Å²) in [6.07, 6.45) is 0.171. The summed E-state index contributed by atoms with van der Waals surface area (Å²) in [4.78, 5) is 22.8. The van der Waals surface area contributed by atoms with Gasteiger partial charge >= 0.3 is 6.09 Å². The van der Waals surface area contributed by atoms with Crippen LogP contribution < -0.4 is 10.6 Å². The molecule has 3 N–H and O–H groups in total. The number of alkyl carbamates (subject to hydrolysis) is 1. The zero-order chi connectivity index (χ0) is 15.0. The highest BCUT2D eigenvalue weighted by Gasteiger charge is 2.11. The fraction of sp³-hybridized carbons (Fsp3) is 0.429. The first kappa shape index (κ1) is 16.0. The third-order valence-corrected chi connectivity index (χ3v) is 2.89. The van der Waals surface area contributed by atoms with E-state index in [1.165, 1.54) is 7.11 Å². The topological polar surface area (TPSA) is 87.7 Å². The van der Waals surface area contributed by atoms with Gasteiger partial charge in [-0.05, 0) is 24.1 Å². The Kier molecular flexibility index (Phi) is 6.52. The maximum atomic E-state index is 11.9. The molecule has 0 bridgehead atoms. The summed E-state index contributed by atoms with van der Waals surface area (Å²) < 4.78 is 4.46. The van der Waals surface area contributed by atoms with Crippen LogP contribution in [0, 0.1) is 0 Å². The summed E-state index contributed by atoms with van der Waals surface area (Å²) in [5, 5.41) is 14.3. The fourth-order valence-corrected chi connectivity index (χ4v) is 1.57. The Balaban J connectivity index is 2.57. The molecule has 1 atom stereocenters. The molecule has 6 heteroatoms. The molecule has 0 aliphatic heterocycles. The van der Waals surface area contributed by atoms with Crippen molar-refractivity contribution in [2.24, 2.45) is 0 Å². The third-order valence-electron chi connectivity index (χ3n) is 2.89. The molecule has 2 amide bonds. The predicted molar refractivity (Wildman–Crippen MR) is 74.3 cm³/mol. The monoisotopic (exact) mass is 280 g/mol. The van der Waals surface area contributed by atoms with Crippen LogP contribution in [0.3, 0.4) is 0 Å². The van der Waals surface area contributed by atoms with Gasteiger partial charge in [0.05, 0.1) is 19.8 Å². The van der Waals surface area contributed by atoms with Gasteiger partial charge in [0.2, 0.25) is 0 Å². The van der Waals surface area contributed by atoms with Crippen LogP contribution in [0.1, 0.15) is 29.3 Å². The van der Waals surface area contributed by atoms with Crippen molar-refractivity contribution in [3.8, 4) is 0 Å². The normalized spacial score (nSPS) is 11.6. The number of amides is 2. The molecule has 0 heterocycles. The smallest absolute Gasteiger partial charge is 0.407 e. The minimum Gasteiger partial charge on any atom is -0.453 e. The summed E-state index contributed by atoms with van der Waals surface area (Å²) >= 11 is 0. The number of benzene rings is 1. The SMILES string of the molecule is CCC(CO)NC(=O)c1ccc(CNC(=O)OC)cc1. The molecule has 110 valence electrons. The molecule has 1 unspecified atom stereocenters. The number of hydrogen-bond acceptors (Lipinski definition) is 4. The maximum absolute atomic E-state index is 11.9. The number of rotatable bonds is 6. The van der Waals surface area contributed by atoms with Crippen LogP contribution in [-0.4, -0.2) is 36.9 Å². The van der Waals surface area contributed by atoms with Gasteiger partial charge in [-0.25, -0.2) is 4.79 Å². The van der Waals surface area contributed by atoms with Gasteiger partial charge in [0.15, 0.2) is 0 Å². The molecular formula is C14H20N2O4. The summed E-state index contributed by atoms with van der Waals surface area (Å²) in [6, 6.07) is 6.62. The highest BCUT2D eigenvalue weighted by molar-refractivity contribution is 5.94. The second-order valence-electron chi connectivity index (χ2n) is 4.30. The van der Waals surface area contributed by atoms with E-state index in [0.29, 0.717) is 18.5 Å². The van der Waals surface area contributed by atoms with Crippen LogP contribution in [0.2, 0.25) is 0 Å². The summed E-state index contributed by atoms with van der Waals surface area (Å²) in [7, 11) is 1.30. The van der Waals surface area contributed by atoms with E-state index in [0.717, 1.165) is 5.56 Å². The van der Waals surface area contributed by atoms with E-state index in [1.807, 2.05) is 6.92 Å². The summed E-state index contributed by atoms with van der Waals surface area (Å²) in [5.41, 5.74) is 1.37. The average Bonchev–Trinajstić information content (AvgIpc) is 2.50. The molecule has 0 saturated carbocycles. The van der Waals surface area contributed by atoms with Crippen molar-refractivity contribution in [2.75, 3.05) is 13.7 Å². The van der Waals surface area contributed by atoms with Crippen molar-refractivity contribution < 1.29 is 19.4 Å². The molecular weight excluding hydrogens is 260 g/mol. The molecule has 0 aromatic heterocycles. The molecule has 1 rings (SSSR count). The first-order valence-electron chi connectivity index (χ1n) is 6.43. The third kappa shape index (κ3) is 4.89. The second kappa shape index (κ2) is 8.16. The van der Waals surface area contributed by atoms with Gasteiger partial charge in [-0.15, -0.1) is 0 Å². The lowest BCUT2D eigenvalue weighted by Crippen LogP contribution is -2.36. The fourth-order valence-electron chi connectivity index (χ4n) is 1.57. The number of nitrogens with one attached hydrogen (secondary N) is 2. The molecule has 0 fully saturated rings. The first-order valence-corrected chi connectivity index (χ1v) is 6.43. The van der Waals surface area contributed by atoms with Crippen molar-refractivity contribution in [3.05, 3.63) is 35.4 Å². The van der Waals surface area contributed by atoms with Crippen LogP contribution in [0.15, 0.2) is 24.3 Å². The standard InChI is InChI=1S/C14H20N2O4/c1-3-12(9-17)16-13(18)11-6-4-10(5-7-11)8-15-14(19)20-2/h4-7,12,17H,3,8-9H2,1-2H3,(H,15,19)(H,16,18). The molecule has 1 aromatic rings. The van der Waals surface area contributed by atoms with E-state index < -0.39 is 6.09 Å². The molecule has 0 aliphatic rings. The van der Waals surface area contributed by atoms with Crippen molar-refractivity contribution in [1.82, 2.24) is 10.6 Å². The van der Waals surface area contributed by atoms with Gasteiger partial charge < -0.3 is 20.5 Å². The highest BCUT2D eigenvalue weighted by Crippen LogP contribution is 2.05. The molecule has 0 aliphatic carbocycles. The Morgan fingerprint density at radius 3 is 2.45 bits per heavy atom. The van der Waals surface area contributed by atoms with E-state index in [4.69, 9.17) is 5.11 Å². The Hall–Kier alpha value is -2.08. The quantitative estimate of drug-likeness (QED) is 0.726. The number of hydrogen-bond donors (Lipinski definition) is 3. The molecule has 0 radical (unpaired) electrons. The van der Waals surface area contributed by atoms with Crippen LogP contribution in [-0.2, 0) is 11.3 Å². The Labute approximate surface area is 118 Å². The van der Waals surface area contributed by atoms with Gasteiger partial charge in [0.1, 0.15) is 0 Å². The lowest BCUT2D eigenvalue weighted by atomic mass is 10.1. The summed E-state index contributed by atoms with van der Waals surface area (Å²) in [6.45, 7) is 2.15. The second-order valence-corrected chi connectivity index (χ2v) is 4.30. The predicted octanol–water partition coefficient (Wildman–Crippen LogP) is 1.04. The Morgan fingerprint density at radius 2 is 1.95 bits per heavy atom. The zero-order valence-electron chi connectivity index (χ0n) is 11.7. The van der Waals surface area contributed by atoms with Crippen molar-refractivity contribution in [2.45, 2.75) is 25.9 Å². The van der Waals surface area contributed by atoms with Crippen LogP contribution >= 0.6 is 0 Å². The van der Waals surface area contributed by atoms with E-state index >= 15 is 0 Å². The number of carbonyl (C=O) groups is 2. The largest absolute Gasteiger partial charge is 0.453 e. The first-order chi connectivity index (χ1) is 9.60. The zero-order valence-corrected chi connectivity index (χ0v) is 11.7. The minimum absolute atomic E-state index is 0.0800. The van der Waals surface area contributed by atoms with Crippen LogP contribution in [0.25, 0.3) is 0 Å². The number of aliphatic hydroxyl groups is 1. The number of aliphatic hydroxyl groups excluding tert-OH is 1. The molecule has 20 heavy (non-hydrogen) atoms. The van der Waals surface area contributed by atoms with E-state index in [-0.39, 0.29) is 18.6 Å². The van der Waals surface area contributed by atoms with Crippen LogP contribution in [0.4, 0.5) is 4.79 Å². The van der Waals surface area contributed by atoms with Crippen molar-refractivity contribution >= 4 is 12.0 Å². The van der Waals surface area contributed by atoms with Crippen molar-refractivity contribution in [3.63, 3.8) is 0 Å². The van der Waals surface area contributed by atoms with Gasteiger partial charge in [-0.1, -0.05) is 19.1 Å². The van der Waals surface area contributed by atoms with Gasteiger partial charge in [-0.2, -0.15) is 0 Å². The Bertz CT molecular complexity index is 441. The van der Waals surface area contributed by atoms with Crippen molar-refractivity contribution in [1.29, 1.82) is 0 Å². The molecule has 6 nitrogen and oxygen atoms in total. The van der Waals surface area contributed by atoms with Crippen LogP contribution in [0.5, 0.6) is 0 Å². The molecule has 0 spiro atoms. The summed E-state index contributed by atoms with van der Waals surface area (Å²) in [5.74, 6) is -0.224. The number of carbonyl (C=O) groups excluding carboxylic acids is 2. The van der Waals surface area contributed by atoms with E-state index in [9.17, 15) is 9.59 Å². The molecule has 1 aromatic carbocycles. The average molecular weight is 280 g/mol. The lowest BCUT2D eigenvalue weighted by Gasteiger charge is -2.14. The lowest BCUT2D eigenvalue weighted by molar-refractivity contribution is 0.0915. The minimum atomic E-state index is -0.499. The number of ether oxygens (including phenoxy) is 1.